The molecule has 2 aromatic heterocycles. The lowest BCUT2D eigenvalue weighted by Crippen LogP contribution is -2.53. The van der Waals surface area contributed by atoms with E-state index in [4.69, 9.17) is 0 Å². The van der Waals surface area contributed by atoms with E-state index in [0.29, 0.717) is 5.69 Å². The largest absolute Gasteiger partial charge is 0.393 e. The molecule has 2 N–H and O–H groups in total. The molecule has 9 nitrogen and oxygen atoms in total. The second-order valence-electron chi connectivity index (χ2n) is 10.6. The van der Waals surface area contributed by atoms with Crippen molar-refractivity contribution in [1.29, 1.82) is 0 Å². The Labute approximate surface area is 224 Å². The van der Waals surface area contributed by atoms with Crippen molar-refractivity contribution in [2.75, 3.05) is 29.4 Å². The normalized spacial score (nSPS) is 21.8. The van der Waals surface area contributed by atoms with Crippen LogP contribution in [-0.2, 0) is 6.42 Å². The van der Waals surface area contributed by atoms with E-state index in [1.807, 2.05) is 6.07 Å². The summed E-state index contributed by atoms with van der Waals surface area (Å²) in [4.78, 5) is 26.1. The number of carbonyl (C=O) groups excluding carboxylic acids is 1. The number of hydrogen-bond donors (Lipinski definition) is 2. The predicted molar refractivity (Wildman–Crippen MR) is 148 cm³/mol. The molecule has 1 saturated carbocycles. The zero-order chi connectivity index (χ0) is 26.6. The number of amides is 1. The third-order valence-electron chi connectivity index (χ3n) is 7.93. The molecular weight excluding hydrogens is 478 g/mol. The fraction of sp³-hybridized carbons (Fsp3) is 0.483. The van der Waals surface area contributed by atoms with Gasteiger partial charge in [0.15, 0.2) is 5.82 Å². The minimum Gasteiger partial charge on any atom is -0.393 e. The SMILES string of the molecule is Cc1c(Cc2ccccc2)nnc(N2CCN(c3cnc(C(=O)NC4CCC(O)CC4)cn3)C(C)C2)c1C. The maximum absolute atomic E-state index is 12.6. The number of nitrogens with one attached hydrogen (secondary N) is 1. The molecule has 1 atom stereocenters. The van der Waals surface area contributed by atoms with Crippen LogP contribution in [-0.4, -0.2) is 69.0 Å². The lowest BCUT2D eigenvalue weighted by atomic mass is 9.93. The Morgan fingerprint density at radius 2 is 1.76 bits per heavy atom. The maximum Gasteiger partial charge on any atom is 0.271 e. The zero-order valence-corrected chi connectivity index (χ0v) is 22.5. The molecule has 3 aromatic rings. The molecule has 1 amide bonds. The number of aliphatic hydroxyl groups is 1. The van der Waals surface area contributed by atoms with Gasteiger partial charge in [-0.3, -0.25) is 4.79 Å². The highest BCUT2D eigenvalue weighted by atomic mass is 16.3. The molecule has 0 radical (unpaired) electrons. The van der Waals surface area contributed by atoms with E-state index in [2.05, 4.69) is 80.3 Å². The van der Waals surface area contributed by atoms with Crippen LogP contribution in [0.5, 0.6) is 0 Å². The average Bonchev–Trinajstić information content (AvgIpc) is 2.93. The van der Waals surface area contributed by atoms with Gasteiger partial charge in [0.25, 0.3) is 5.91 Å². The first kappa shape index (κ1) is 26.0. The molecule has 0 spiro atoms. The van der Waals surface area contributed by atoms with Gasteiger partial charge < -0.3 is 20.2 Å². The van der Waals surface area contributed by atoms with Crippen LogP contribution in [0.25, 0.3) is 0 Å². The molecule has 5 rings (SSSR count). The number of nitrogens with zero attached hydrogens (tertiary/aromatic N) is 6. The fourth-order valence-electron chi connectivity index (χ4n) is 5.46. The number of anilines is 2. The van der Waals surface area contributed by atoms with Crippen molar-refractivity contribution in [3.63, 3.8) is 0 Å². The van der Waals surface area contributed by atoms with E-state index >= 15 is 0 Å². The molecule has 38 heavy (non-hydrogen) atoms. The van der Waals surface area contributed by atoms with Crippen LogP contribution in [0.15, 0.2) is 42.7 Å². The summed E-state index contributed by atoms with van der Waals surface area (Å²) in [6.45, 7) is 8.81. The summed E-state index contributed by atoms with van der Waals surface area (Å²) in [6.07, 6.45) is 6.82. The lowest BCUT2D eigenvalue weighted by molar-refractivity contribution is 0.0863. The molecule has 2 fully saturated rings. The Morgan fingerprint density at radius 1 is 1.00 bits per heavy atom. The van der Waals surface area contributed by atoms with Crippen molar-refractivity contribution in [3.8, 4) is 0 Å². The highest BCUT2D eigenvalue weighted by molar-refractivity contribution is 5.92. The number of aliphatic hydroxyl groups excluding tert-OH is 1. The molecule has 1 saturated heterocycles. The van der Waals surface area contributed by atoms with E-state index in [9.17, 15) is 9.90 Å². The van der Waals surface area contributed by atoms with Crippen LogP contribution in [0.4, 0.5) is 11.6 Å². The van der Waals surface area contributed by atoms with Gasteiger partial charge in [0.05, 0.1) is 24.2 Å². The average molecular weight is 516 g/mol. The monoisotopic (exact) mass is 515 g/mol. The Hall–Kier alpha value is -3.59. The van der Waals surface area contributed by atoms with Gasteiger partial charge in [0.1, 0.15) is 11.5 Å². The second kappa shape index (κ2) is 11.4. The van der Waals surface area contributed by atoms with Crippen molar-refractivity contribution in [3.05, 3.63) is 70.8 Å². The molecule has 2 aliphatic rings. The zero-order valence-electron chi connectivity index (χ0n) is 22.5. The van der Waals surface area contributed by atoms with E-state index in [1.54, 1.807) is 12.4 Å². The van der Waals surface area contributed by atoms with E-state index < -0.39 is 0 Å². The van der Waals surface area contributed by atoms with Crippen LogP contribution in [0.1, 0.15) is 65.5 Å². The smallest absolute Gasteiger partial charge is 0.271 e. The number of aromatic nitrogens is 4. The van der Waals surface area contributed by atoms with E-state index in [-0.39, 0.29) is 24.1 Å². The molecule has 1 aromatic carbocycles. The first-order valence-electron chi connectivity index (χ1n) is 13.6. The summed E-state index contributed by atoms with van der Waals surface area (Å²) >= 11 is 0. The molecule has 1 aliphatic heterocycles. The molecule has 3 heterocycles. The van der Waals surface area contributed by atoms with E-state index in [0.717, 1.165) is 69.1 Å². The minimum absolute atomic E-state index is 0.0862. The highest BCUT2D eigenvalue weighted by Crippen LogP contribution is 2.26. The summed E-state index contributed by atoms with van der Waals surface area (Å²) in [7, 11) is 0. The Morgan fingerprint density at radius 3 is 2.45 bits per heavy atom. The van der Waals surface area contributed by atoms with Gasteiger partial charge in [-0.05, 0) is 63.1 Å². The number of carbonyl (C=O) groups is 1. The Bertz CT molecular complexity index is 1240. The maximum atomic E-state index is 12.6. The van der Waals surface area contributed by atoms with Crippen LogP contribution in [0, 0.1) is 13.8 Å². The van der Waals surface area contributed by atoms with Gasteiger partial charge in [-0.2, -0.15) is 5.10 Å². The second-order valence-corrected chi connectivity index (χ2v) is 10.6. The number of rotatable bonds is 6. The van der Waals surface area contributed by atoms with Gasteiger partial charge in [0.2, 0.25) is 0 Å². The van der Waals surface area contributed by atoms with Crippen LogP contribution < -0.4 is 15.1 Å². The first-order valence-corrected chi connectivity index (χ1v) is 13.6. The molecule has 1 aliphatic carbocycles. The number of benzene rings is 1. The Balaban J connectivity index is 1.20. The molecule has 0 bridgehead atoms. The number of piperazine rings is 1. The molecule has 200 valence electrons. The fourth-order valence-corrected chi connectivity index (χ4v) is 5.46. The summed E-state index contributed by atoms with van der Waals surface area (Å²) in [6, 6.07) is 10.7. The van der Waals surface area contributed by atoms with Crippen LogP contribution >= 0.6 is 0 Å². The van der Waals surface area contributed by atoms with Crippen molar-refractivity contribution in [2.24, 2.45) is 0 Å². The molecule has 9 heteroatoms. The van der Waals surface area contributed by atoms with Gasteiger partial charge in [0, 0.05) is 38.1 Å². The van der Waals surface area contributed by atoms with Crippen molar-refractivity contribution in [2.45, 2.75) is 71.1 Å². The Kier molecular flexibility index (Phi) is 7.83. The third kappa shape index (κ3) is 5.78. The molecular formula is C29H37N7O2. The molecule has 1 unspecified atom stereocenters. The quantitative estimate of drug-likeness (QED) is 0.515. The standard InChI is InChI=1S/C29H37N7O2/c1-19-18-35(28-21(3)20(2)25(33-34-28)15-22-7-5-4-6-8-22)13-14-36(19)27-17-30-26(16-31-27)29(38)32-23-9-11-24(37)12-10-23/h4-8,16-17,19,23-24,37H,9-15,18H2,1-3H3,(H,32,38). The third-order valence-corrected chi connectivity index (χ3v) is 7.93. The number of hydrogen-bond acceptors (Lipinski definition) is 8. The highest BCUT2D eigenvalue weighted by Gasteiger charge is 2.28. The predicted octanol–water partition coefficient (Wildman–Crippen LogP) is 3.22. The van der Waals surface area contributed by atoms with E-state index in [1.165, 1.54) is 16.7 Å². The van der Waals surface area contributed by atoms with Crippen molar-refractivity contribution < 1.29 is 9.90 Å². The first-order chi connectivity index (χ1) is 18.4. The topological polar surface area (TPSA) is 107 Å². The van der Waals surface area contributed by atoms with Gasteiger partial charge >= 0.3 is 0 Å². The van der Waals surface area contributed by atoms with Gasteiger partial charge in [-0.25, -0.2) is 9.97 Å². The lowest BCUT2D eigenvalue weighted by Gasteiger charge is -2.41. The van der Waals surface area contributed by atoms with Crippen LogP contribution in [0.2, 0.25) is 0 Å². The summed E-state index contributed by atoms with van der Waals surface area (Å²) < 4.78 is 0. The summed E-state index contributed by atoms with van der Waals surface area (Å²) in [5, 5.41) is 22.0. The van der Waals surface area contributed by atoms with Gasteiger partial charge in [-0.1, -0.05) is 30.3 Å². The van der Waals surface area contributed by atoms with Crippen LogP contribution in [0.3, 0.4) is 0 Å². The van der Waals surface area contributed by atoms with Gasteiger partial charge in [-0.15, -0.1) is 5.10 Å². The van der Waals surface area contributed by atoms with Crippen molar-refractivity contribution in [1.82, 2.24) is 25.5 Å². The summed E-state index contributed by atoms with van der Waals surface area (Å²) in [5.41, 5.74) is 4.94. The summed E-state index contributed by atoms with van der Waals surface area (Å²) in [5.74, 6) is 1.51. The van der Waals surface area contributed by atoms with Crippen molar-refractivity contribution >= 4 is 17.5 Å². The minimum atomic E-state index is -0.247.